The first-order valence-electron chi connectivity index (χ1n) is 31.5. The maximum absolute atomic E-state index is 2.33. The summed E-state index contributed by atoms with van der Waals surface area (Å²) < 4.78 is 0. The molecule has 0 aromatic heterocycles. The largest absolute Gasteiger partial charge is 1.00 e. The first-order chi connectivity index (χ1) is 37.7. The predicted octanol–water partition coefficient (Wildman–Crippen LogP) is 18.7. The van der Waals surface area contributed by atoms with Gasteiger partial charge < -0.3 is 24.8 Å². The van der Waals surface area contributed by atoms with E-state index in [0.717, 1.165) is 0 Å². The van der Waals surface area contributed by atoms with E-state index in [4.69, 9.17) is 0 Å². The molecule has 0 aliphatic rings. The summed E-state index contributed by atoms with van der Waals surface area (Å²) in [4.78, 5) is 0. The summed E-state index contributed by atoms with van der Waals surface area (Å²) >= 11 is 3.72. The van der Waals surface area contributed by atoms with Crippen LogP contribution >= 0.6 is 0 Å². The number of hydrogen-bond acceptors (Lipinski definition) is 0. The molecule has 0 fully saturated rings. The Morgan fingerprint density at radius 1 is 0.317 bits per heavy atom. The van der Waals surface area contributed by atoms with Crippen LogP contribution in [0.15, 0.2) is 72.8 Å². The van der Waals surface area contributed by atoms with Gasteiger partial charge in [0.1, 0.15) is 0 Å². The second-order valence-corrected chi connectivity index (χ2v) is 39.9. The Morgan fingerprint density at radius 3 is 0.634 bits per heavy atom. The Morgan fingerprint density at radius 2 is 0.488 bits per heavy atom. The van der Waals surface area contributed by atoms with Crippen molar-refractivity contribution in [1.82, 2.24) is 0 Å². The van der Waals surface area contributed by atoms with E-state index in [-0.39, 0.29) is 35.7 Å². The smallest absolute Gasteiger partial charge is 0.0308 e. The summed E-state index contributed by atoms with van der Waals surface area (Å²) in [6, 6.07) is 33.8. The fourth-order valence-electron chi connectivity index (χ4n) is 11.2. The molecule has 0 heterocycles. The zero-order valence-electron chi connectivity index (χ0n) is 56.5. The molecule has 8 rings (SSSR count). The standard InChI is InChI=1S/4C15H19.2C8H18Si.2ClH.2Zr/c4*1-9(2)13-7-6-10(3)14-8-11(4)12(5)15(13)14;2*1-3-5-7-9-8-6-4-2;;;;/h4*6-9H,1-5H3;2*3-8H2,1-2H3;2*1H;;/q4*-1;;;;;2*+2/p-2. The molecule has 0 unspecified atom stereocenters. The van der Waals surface area contributed by atoms with Crippen molar-refractivity contribution in [3.05, 3.63) is 162 Å². The maximum atomic E-state index is 2.33. The number of benzene rings is 4. The Kier molecular flexibility index (Phi) is 36.6. The molecular formula is C76H112Cl2Si2Zr2-2. The minimum absolute atomic E-state index is 0. The Hall–Kier alpha value is -1.90. The van der Waals surface area contributed by atoms with Crippen molar-refractivity contribution in [2.45, 2.75) is 265 Å². The fraction of sp³-hybridized carbons (Fsp3) is 0.526. The average molecular weight is 1340 g/mol. The molecule has 6 heteroatoms. The molecule has 8 aromatic rings. The van der Waals surface area contributed by atoms with E-state index in [2.05, 4.69) is 239 Å². The van der Waals surface area contributed by atoms with Crippen LogP contribution in [0.5, 0.6) is 0 Å². The third-order valence-electron chi connectivity index (χ3n) is 17.1. The number of hydrogen-bond donors (Lipinski definition) is 0. The fourth-order valence-corrected chi connectivity index (χ4v) is 20.0. The molecule has 0 nitrogen and oxygen atoms in total. The van der Waals surface area contributed by atoms with Crippen molar-refractivity contribution in [2.75, 3.05) is 0 Å². The normalized spacial score (nSPS) is 10.9. The van der Waals surface area contributed by atoms with Gasteiger partial charge in [-0.15, -0.1) is 136 Å². The number of halogens is 2. The van der Waals surface area contributed by atoms with Crippen molar-refractivity contribution < 1.29 is 71.5 Å². The van der Waals surface area contributed by atoms with E-state index in [9.17, 15) is 0 Å². The Bertz CT molecular complexity index is 2800. The summed E-state index contributed by atoms with van der Waals surface area (Å²) in [5.41, 5.74) is 23.4. The predicted molar refractivity (Wildman–Crippen MR) is 362 cm³/mol. The van der Waals surface area contributed by atoms with Gasteiger partial charge in [-0.2, -0.15) is 22.3 Å². The molecule has 8 aromatic carbocycles. The van der Waals surface area contributed by atoms with E-state index in [1.807, 2.05) is 46.7 Å². The zero-order chi connectivity index (χ0) is 60.3. The molecule has 0 atom stereocenters. The van der Waals surface area contributed by atoms with E-state index in [1.54, 1.807) is 24.2 Å². The van der Waals surface area contributed by atoms with Crippen molar-refractivity contribution in [2.24, 2.45) is 0 Å². The van der Waals surface area contributed by atoms with Crippen molar-refractivity contribution >= 4 is 54.0 Å². The Balaban J connectivity index is 0.000000494. The summed E-state index contributed by atoms with van der Waals surface area (Å²) in [6.07, 6.45) is 11.5. The number of rotatable bonds is 16. The van der Waals surface area contributed by atoms with Gasteiger partial charge in [-0.1, -0.05) is 185 Å². The van der Waals surface area contributed by atoms with Crippen LogP contribution in [0.3, 0.4) is 0 Å². The van der Waals surface area contributed by atoms with Crippen molar-refractivity contribution in [3.8, 4) is 0 Å². The monoisotopic (exact) mass is 1330 g/mol. The molecule has 0 N–H and O–H groups in total. The second kappa shape index (κ2) is 38.4. The van der Waals surface area contributed by atoms with Crippen LogP contribution < -0.4 is 24.8 Å². The zero-order valence-corrected chi connectivity index (χ0v) is 64.9. The van der Waals surface area contributed by atoms with Crippen LogP contribution in [-0.2, 0) is 46.7 Å². The van der Waals surface area contributed by atoms with Crippen LogP contribution in [0.25, 0.3) is 43.1 Å². The van der Waals surface area contributed by atoms with Crippen LogP contribution in [0, 0.1) is 83.1 Å². The maximum Gasteiger partial charge on any atom is -0.0308 e. The van der Waals surface area contributed by atoms with Gasteiger partial charge in [0.15, 0.2) is 0 Å². The SMILES string of the molecule is CCCC[Si](=[Zr+2])CCCC.CCCC[Si](=[Zr+2])CCCC.Cc1[cH-]c2c(C)ccc(C(C)C)c2c1C.Cc1[cH-]c2c(C)ccc(C(C)C)c2c1C.Cc1[cH-]c2c(C)ccc(C(C)C)c2c1C.Cc1[cH-]c2c(C)ccc(C(C)C)c2c1C.[Cl-].[Cl-]. The average Bonchev–Trinajstić information content (AvgIpc) is 4.11. The number of fused-ring (bicyclic) bond motifs is 4. The molecule has 0 aliphatic heterocycles. The molecule has 82 heavy (non-hydrogen) atoms. The van der Waals surface area contributed by atoms with Crippen molar-refractivity contribution in [1.29, 1.82) is 0 Å². The van der Waals surface area contributed by atoms with Gasteiger partial charge in [-0.25, -0.2) is 0 Å². The van der Waals surface area contributed by atoms with Gasteiger partial charge >= 0.3 is 161 Å². The minimum Gasteiger partial charge on any atom is -1.00 e. The van der Waals surface area contributed by atoms with Crippen LogP contribution in [0.1, 0.15) is 247 Å². The molecule has 0 spiro atoms. The quantitative estimate of drug-likeness (QED) is 0.0668. The van der Waals surface area contributed by atoms with Crippen LogP contribution in [0.2, 0.25) is 24.2 Å². The van der Waals surface area contributed by atoms with E-state index >= 15 is 0 Å². The summed E-state index contributed by atoms with van der Waals surface area (Å²) in [5, 5.41) is 11.7. The molecule has 0 radical (unpaired) electrons. The molecule has 0 saturated heterocycles. The summed E-state index contributed by atoms with van der Waals surface area (Å²) in [6.45, 7) is 53.9. The first-order valence-corrected chi connectivity index (χ1v) is 42.7. The van der Waals surface area contributed by atoms with Gasteiger partial charge in [0.25, 0.3) is 0 Å². The van der Waals surface area contributed by atoms with Crippen LogP contribution in [0.4, 0.5) is 0 Å². The number of aryl methyl sites for hydroxylation is 12. The van der Waals surface area contributed by atoms with Gasteiger partial charge in [0.2, 0.25) is 0 Å². The first kappa shape index (κ1) is 78.1. The van der Waals surface area contributed by atoms with E-state index in [0.29, 0.717) is 23.7 Å². The molecule has 448 valence electrons. The third kappa shape index (κ3) is 21.8. The second-order valence-electron chi connectivity index (χ2n) is 25.1. The molecular weight excluding hydrogens is 1220 g/mol. The van der Waals surface area contributed by atoms with Crippen molar-refractivity contribution in [3.63, 3.8) is 0 Å². The minimum atomic E-state index is 0. The molecule has 0 aliphatic carbocycles. The number of unbranched alkanes of at least 4 members (excludes halogenated alkanes) is 4. The van der Waals surface area contributed by atoms with E-state index < -0.39 is 0 Å². The molecule has 0 saturated carbocycles. The van der Waals surface area contributed by atoms with Gasteiger partial charge in [-0.3, -0.25) is 0 Å². The summed E-state index contributed by atoms with van der Waals surface area (Å²) in [7, 11) is 0. The van der Waals surface area contributed by atoms with Crippen LogP contribution in [-0.4, -0.2) is 10.9 Å². The van der Waals surface area contributed by atoms with Gasteiger partial charge in [0, 0.05) is 0 Å². The molecule has 0 amide bonds. The summed E-state index contributed by atoms with van der Waals surface area (Å²) in [5.74, 6) is 2.42. The van der Waals surface area contributed by atoms with Gasteiger partial charge in [0.05, 0.1) is 0 Å². The third-order valence-corrected chi connectivity index (χ3v) is 28.3. The topological polar surface area (TPSA) is 0 Å². The van der Waals surface area contributed by atoms with E-state index in [1.165, 1.54) is 183 Å². The Labute approximate surface area is 547 Å². The van der Waals surface area contributed by atoms with Gasteiger partial charge in [-0.05, 0) is 23.7 Å². The molecule has 0 bridgehead atoms.